The molecule has 3 aromatic rings. The SMILES string of the molecule is Cc1ccc(C(=O)Oc2c(Br)cc(/C=C3\N=C(c4cccc([N+](=O)[O-])c4)OC3=O)cc2Br)cc1. The Morgan fingerprint density at radius 3 is 2.41 bits per heavy atom. The van der Waals surface area contributed by atoms with Crippen LogP contribution in [0.1, 0.15) is 27.0 Å². The van der Waals surface area contributed by atoms with Crippen molar-refractivity contribution in [2.45, 2.75) is 6.92 Å². The molecule has 0 aliphatic carbocycles. The maximum absolute atomic E-state index is 12.5. The Bertz CT molecular complexity index is 1370. The van der Waals surface area contributed by atoms with Gasteiger partial charge in [-0.3, -0.25) is 10.1 Å². The molecule has 8 nitrogen and oxygen atoms in total. The molecule has 1 aliphatic rings. The van der Waals surface area contributed by atoms with E-state index in [2.05, 4.69) is 36.9 Å². The molecule has 0 fully saturated rings. The average Bonchev–Trinajstić information content (AvgIpc) is 3.17. The zero-order chi connectivity index (χ0) is 24.4. The van der Waals surface area contributed by atoms with Gasteiger partial charge in [0.2, 0.25) is 5.90 Å². The molecule has 0 aromatic heterocycles. The van der Waals surface area contributed by atoms with Crippen LogP contribution in [0.15, 0.2) is 80.3 Å². The number of benzene rings is 3. The van der Waals surface area contributed by atoms with E-state index in [-0.39, 0.29) is 23.0 Å². The van der Waals surface area contributed by atoms with Gasteiger partial charge in [-0.25, -0.2) is 14.6 Å². The Kier molecular flexibility index (Phi) is 6.71. The summed E-state index contributed by atoms with van der Waals surface area (Å²) in [5.74, 6) is -0.953. The van der Waals surface area contributed by atoms with Crippen molar-refractivity contribution in [3.8, 4) is 5.75 Å². The lowest BCUT2D eigenvalue weighted by molar-refractivity contribution is -0.384. The van der Waals surface area contributed by atoms with E-state index in [4.69, 9.17) is 9.47 Å². The highest BCUT2D eigenvalue weighted by atomic mass is 79.9. The number of nitro groups is 1. The van der Waals surface area contributed by atoms with Crippen molar-refractivity contribution in [2.24, 2.45) is 4.99 Å². The second kappa shape index (κ2) is 9.70. The minimum absolute atomic E-state index is 0.0182. The van der Waals surface area contributed by atoms with Gasteiger partial charge in [-0.1, -0.05) is 23.8 Å². The number of non-ortho nitro benzene ring substituents is 1. The van der Waals surface area contributed by atoms with Crippen LogP contribution >= 0.6 is 31.9 Å². The minimum atomic E-state index is -0.691. The van der Waals surface area contributed by atoms with E-state index in [1.807, 2.05) is 19.1 Å². The molecule has 0 saturated carbocycles. The number of carbonyl (C=O) groups is 2. The van der Waals surface area contributed by atoms with Crippen molar-refractivity contribution >= 4 is 61.5 Å². The van der Waals surface area contributed by atoms with Crippen molar-refractivity contribution in [3.63, 3.8) is 0 Å². The van der Waals surface area contributed by atoms with Gasteiger partial charge < -0.3 is 9.47 Å². The molecule has 1 aliphatic heterocycles. The summed E-state index contributed by atoms with van der Waals surface area (Å²) in [5, 5.41) is 11.0. The summed E-state index contributed by atoms with van der Waals surface area (Å²) in [4.78, 5) is 39.4. The highest BCUT2D eigenvalue weighted by Gasteiger charge is 2.25. The first kappa shape index (κ1) is 23.5. The predicted octanol–water partition coefficient (Wildman–Crippen LogP) is 5.99. The first-order chi connectivity index (χ1) is 16.2. The zero-order valence-electron chi connectivity index (χ0n) is 17.5. The number of nitrogens with zero attached hydrogens (tertiary/aromatic N) is 2. The largest absolute Gasteiger partial charge is 0.421 e. The van der Waals surface area contributed by atoms with Gasteiger partial charge in [0.25, 0.3) is 5.69 Å². The van der Waals surface area contributed by atoms with Gasteiger partial charge >= 0.3 is 11.9 Å². The molecular formula is C24H14Br2N2O6. The smallest absolute Gasteiger partial charge is 0.363 e. The van der Waals surface area contributed by atoms with Crippen LogP contribution in [0.5, 0.6) is 5.75 Å². The fourth-order valence-electron chi connectivity index (χ4n) is 3.04. The number of rotatable bonds is 5. The van der Waals surface area contributed by atoms with Crippen molar-refractivity contribution in [1.82, 2.24) is 0 Å². The molecule has 0 amide bonds. The molecule has 0 saturated heterocycles. The monoisotopic (exact) mass is 584 g/mol. The molecule has 0 atom stereocenters. The van der Waals surface area contributed by atoms with Crippen LogP contribution in [-0.2, 0) is 9.53 Å². The molecule has 0 N–H and O–H groups in total. The van der Waals surface area contributed by atoms with E-state index in [0.29, 0.717) is 25.6 Å². The van der Waals surface area contributed by atoms with Crippen LogP contribution < -0.4 is 4.74 Å². The molecule has 4 rings (SSSR count). The standard InChI is InChI=1S/C24H14Br2N2O6/c1-13-5-7-15(8-6-13)23(29)33-21-18(25)9-14(10-19(21)26)11-20-24(30)34-22(27-20)16-3-2-4-17(12-16)28(31)32/h2-12H,1H3/b20-11-. The van der Waals surface area contributed by atoms with Crippen LogP contribution in [0.25, 0.3) is 6.08 Å². The first-order valence-electron chi connectivity index (χ1n) is 9.76. The molecule has 0 unspecified atom stereocenters. The van der Waals surface area contributed by atoms with Crippen LogP contribution in [0.2, 0.25) is 0 Å². The van der Waals surface area contributed by atoms with Gasteiger partial charge in [-0.05, 0) is 80.8 Å². The molecule has 0 bridgehead atoms. The van der Waals surface area contributed by atoms with Gasteiger partial charge in [-0.2, -0.15) is 0 Å². The van der Waals surface area contributed by atoms with Gasteiger partial charge in [0, 0.05) is 17.7 Å². The molecule has 0 radical (unpaired) electrons. The van der Waals surface area contributed by atoms with Gasteiger partial charge in [0.05, 0.1) is 19.4 Å². The van der Waals surface area contributed by atoms with Gasteiger partial charge in [0.15, 0.2) is 11.4 Å². The molecule has 10 heteroatoms. The van der Waals surface area contributed by atoms with Crippen LogP contribution in [-0.4, -0.2) is 22.8 Å². The number of carbonyl (C=O) groups excluding carboxylic acids is 2. The van der Waals surface area contributed by atoms with Crippen LogP contribution in [0, 0.1) is 17.0 Å². The predicted molar refractivity (Wildman–Crippen MR) is 132 cm³/mol. The normalized spacial score (nSPS) is 14.0. The minimum Gasteiger partial charge on any atom is -0.421 e. The number of nitro benzene ring substituents is 1. The van der Waals surface area contributed by atoms with Crippen molar-refractivity contribution in [2.75, 3.05) is 0 Å². The second-order valence-electron chi connectivity index (χ2n) is 7.21. The van der Waals surface area contributed by atoms with Crippen molar-refractivity contribution < 1.29 is 24.0 Å². The summed E-state index contributed by atoms with van der Waals surface area (Å²) < 4.78 is 11.7. The Morgan fingerprint density at radius 2 is 1.76 bits per heavy atom. The van der Waals surface area contributed by atoms with E-state index in [1.165, 1.54) is 24.3 Å². The molecule has 0 spiro atoms. The second-order valence-corrected chi connectivity index (χ2v) is 8.92. The summed E-state index contributed by atoms with van der Waals surface area (Å²) >= 11 is 6.79. The number of aliphatic imine (C=N–C) groups is 1. The third-order valence-corrected chi connectivity index (χ3v) is 5.91. The zero-order valence-corrected chi connectivity index (χ0v) is 20.6. The average molecular weight is 586 g/mol. The Morgan fingerprint density at radius 1 is 1.09 bits per heavy atom. The fraction of sp³-hybridized carbons (Fsp3) is 0.0417. The number of hydrogen-bond acceptors (Lipinski definition) is 7. The van der Waals surface area contributed by atoms with E-state index in [1.54, 1.807) is 30.3 Å². The quantitative estimate of drug-likeness (QED) is 0.120. The molecule has 3 aromatic carbocycles. The van der Waals surface area contributed by atoms with Crippen LogP contribution in [0.4, 0.5) is 5.69 Å². The topological polar surface area (TPSA) is 108 Å². The van der Waals surface area contributed by atoms with Gasteiger partial charge in [0.1, 0.15) is 0 Å². The highest BCUT2D eigenvalue weighted by Crippen LogP contribution is 2.36. The third kappa shape index (κ3) is 5.13. The summed E-state index contributed by atoms with van der Waals surface area (Å²) in [6.45, 7) is 1.92. The van der Waals surface area contributed by atoms with Crippen molar-refractivity contribution in [3.05, 3.63) is 108 Å². The van der Waals surface area contributed by atoms with Gasteiger partial charge in [-0.15, -0.1) is 0 Å². The number of hydrogen-bond donors (Lipinski definition) is 0. The van der Waals surface area contributed by atoms with Crippen LogP contribution in [0.3, 0.4) is 0 Å². The molecule has 1 heterocycles. The molecule has 170 valence electrons. The number of cyclic esters (lactones) is 1. The summed E-state index contributed by atoms with van der Waals surface area (Å²) in [5.41, 5.74) is 2.20. The maximum atomic E-state index is 12.5. The lowest BCUT2D eigenvalue weighted by Gasteiger charge is -2.10. The number of aryl methyl sites for hydroxylation is 1. The fourth-order valence-corrected chi connectivity index (χ4v) is 4.43. The molecule has 34 heavy (non-hydrogen) atoms. The Balaban J connectivity index is 1.59. The summed E-state index contributed by atoms with van der Waals surface area (Å²) in [6, 6.07) is 16.0. The summed E-state index contributed by atoms with van der Waals surface area (Å²) in [6.07, 6.45) is 1.49. The number of esters is 2. The lowest BCUT2D eigenvalue weighted by Crippen LogP contribution is -2.09. The maximum Gasteiger partial charge on any atom is 0.363 e. The number of halogens is 2. The third-order valence-electron chi connectivity index (χ3n) is 4.73. The summed E-state index contributed by atoms with van der Waals surface area (Å²) in [7, 11) is 0. The van der Waals surface area contributed by atoms with E-state index in [0.717, 1.165) is 5.56 Å². The lowest BCUT2D eigenvalue weighted by atomic mass is 10.1. The first-order valence-corrected chi connectivity index (χ1v) is 11.3. The van der Waals surface area contributed by atoms with E-state index >= 15 is 0 Å². The highest BCUT2D eigenvalue weighted by molar-refractivity contribution is 9.11. The molecular weight excluding hydrogens is 572 g/mol. The van der Waals surface area contributed by atoms with Crippen molar-refractivity contribution in [1.29, 1.82) is 0 Å². The number of ether oxygens (including phenoxy) is 2. The van der Waals surface area contributed by atoms with E-state index in [9.17, 15) is 19.7 Å². The van der Waals surface area contributed by atoms with E-state index < -0.39 is 16.9 Å². The Labute approximate surface area is 210 Å². The Hall–Kier alpha value is -3.63.